The Morgan fingerprint density at radius 2 is 1.69 bits per heavy atom. The maximum Gasteiger partial charge on any atom is 0.338 e. The number of furan rings is 1. The molecule has 0 unspecified atom stereocenters. The molecule has 0 amide bonds. The predicted octanol–water partition coefficient (Wildman–Crippen LogP) is 3.48. The minimum absolute atomic E-state index is 0.267. The van der Waals surface area contributed by atoms with Crippen molar-refractivity contribution in [3.63, 3.8) is 0 Å². The molecular weight excluding hydrogens is 392 g/mol. The molecule has 0 saturated carbocycles. The lowest BCUT2D eigenvalue weighted by Crippen LogP contribution is -2.45. The summed E-state index contributed by atoms with van der Waals surface area (Å²) in [6.07, 6.45) is 0. The zero-order valence-corrected chi connectivity index (χ0v) is 17.2. The molecule has 2 N–H and O–H groups in total. The normalized spacial score (nSPS) is 16.1. The van der Waals surface area contributed by atoms with Gasteiger partial charge in [0.05, 0.1) is 24.4 Å². The molecule has 0 fully saturated rings. The lowest BCUT2D eigenvalue weighted by atomic mass is 10.0. The maximum absolute atomic E-state index is 12.4. The van der Waals surface area contributed by atoms with Crippen LogP contribution in [0.15, 0.2) is 52.1 Å². The van der Waals surface area contributed by atoms with Crippen molar-refractivity contribution >= 4 is 29.3 Å². The summed E-state index contributed by atoms with van der Waals surface area (Å²) in [5, 5.41) is 6.41. The quantitative estimate of drug-likeness (QED) is 0.549. The average molecular weight is 414 g/mol. The van der Waals surface area contributed by atoms with Crippen molar-refractivity contribution in [3.05, 3.63) is 59.0 Å². The monoisotopic (exact) mass is 414 g/mol. The third kappa shape index (κ3) is 4.48. The van der Waals surface area contributed by atoms with Crippen molar-refractivity contribution in [1.82, 2.24) is 10.6 Å². The third-order valence-electron chi connectivity index (χ3n) is 4.36. The maximum atomic E-state index is 12.4. The fourth-order valence-electron chi connectivity index (χ4n) is 3.03. The molecule has 1 aromatic heterocycles. The van der Waals surface area contributed by atoms with E-state index in [9.17, 15) is 9.59 Å². The summed E-state index contributed by atoms with van der Waals surface area (Å²) in [5.74, 6) is 0.323. The Balaban J connectivity index is 1.88. The number of esters is 2. The molecule has 0 saturated heterocycles. The van der Waals surface area contributed by atoms with Crippen LogP contribution in [0.1, 0.15) is 42.9 Å². The summed E-state index contributed by atoms with van der Waals surface area (Å²) >= 11 is 5.23. The summed E-state index contributed by atoms with van der Waals surface area (Å²) in [6, 6.07) is 9.95. The highest BCUT2D eigenvalue weighted by Crippen LogP contribution is 2.32. The van der Waals surface area contributed by atoms with Gasteiger partial charge in [0, 0.05) is 11.3 Å². The molecule has 1 atom stereocenters. The fourth-order valence-corrected chi connectivity index (χ4v) is 3.31. The minimum Gasteiger partial charge on any atom is -0.463 e. The van der Waals surface area contributed by atoms with E-state index in [1.165, 1.54) is 0 Å². The zero-order chi connectivity index (χ0) is 21.0. The molecule has 7 nitrogen and oxygen atoms in total. The average Bonchev–Trinajstić information content (AvgIpc) is 3.18. The number of carbonyl (C=O) groups excluding carboxylic acids is 2. The minimum atomic E-state index is -0.560. The van der Waals surface area contributed by atoms with Crippen LogP contribution in [0.5, 0.6) is 0 Å². The number of hydrogen-bond acceptors (Lipinski definition) is 6. The molecule has 0 spiro atoms. The highest BCUT2D eigenvalue weighted by atomic mass is 32.1. The Kier molecular flexibility index (Phi) is 6.33. The summed E-state index contributed by atoms with van der Waals surface area (Å²) < 4.78 is 16.2. The van der Waals surface area contributed by atoms with Crippen LogP contribution in [0.4, 0.5) is 0 Å². The summed E-state index contributed by atoms with van der Waals surface area (Å²) in [6.45, 7) is 5.87. The van der Waals surface area contributed by atoms with Crippen LogP contribution in [0, 0.1) is 0 Å². The van der Waals surface area contributed by atoms with Crippen LogP contribution in [0.25, 0.3) is 11.3 Å². The molecule has 152 valence electrons. The van der Waals surface area contributed by atoms with Gasteiger partial charge in [-0.15, -0.1) is 0 Å². The second kappa shape index (κ2) is 8.91. The van der Waals surface area contributed by atoms with Gasteiger partial charge in [-0.3, -0.25) is 0 Å². The van der Waals surface area contributed by atoms with E-state index in [0.717, 1.165) is 5.56 Å². The van der Waals surface area contributed by atoms with Gasteiger partial charge in [-0.2, -0.15) is 0 Å². The predicted molar refractivity (Wildman–Crippen MR) is 111 cm³/mol. The molecule has 3 rings (SSSR count). The second-order valence-electron chi connectivity index (χ2n) is 6.29. The van der Waals surface area contributed by atoms with Crippen molar-refractivity contribution in [2.75, 3.05) is 13.2 Å². The number of nitrogens with one attached hydrogen (secondary N) is 2. The van der Waals surface area contributed by atoms with E-state index in [0.29, 0.717) is 40.1 Å². The van der Waals surface area contributed by atoms with Gasteiger partial charge in [-0.05, 0) is 57.3 Å². The Labute approximate surface area is 174 Å². The van der Waals surface area contributed by atoms with Crippen LogP contribution >= 0.6 is 12.2 Å². The van der Waals surface area contributed by atoms with Crippen LogP contribution in [0.2, 0.25) is 0 Å². The zero-order valence-electron chi connectivity index (χ0n) is 16.4. The van der Waals surface area contributed by atoms with Gasteiger partial charge in [0.1, 0.15) is 17.6 Å². The highest BCUT2D eigenvalue weighted by molar-refractivity contribution is 7.80. The van der Waals surface area contributed by atoms with Crippen LogP contribution < -0.4 is 10.6 Å². The van der Waals surface area contributed by atoms with Crippen molar-refractivity contribution in [2.45, 2.75) is 26.8 Å². The van der Waals surface area contributed by atoms with Crippen LogP contribution in [-0.4, -0.2) is 30.3 Å². The van der Waals surface area contributed by atoms with E-state index in [4.69, 9.17) is 26.1 Å². The van der Waals surface area contributed by atoms with Crippen molar-refractivity contribution in [1.29, 1.82) is 0 Å². The Hall–Kier alpha value is -3.13. The topological polar surface area (TPSA) is 89.8 Å². The number of benzene rings is 1. The van der Waals surface area contributed by atoms with E-state index < -0.39 is 12.0 Å². The first-order chi connectivity index (χ1) is 13.9. The molecule has 1 aromatic carbocycles. The molecule has 0 radical (unpaired) electrons. The van der Waals surface area contributed by atoms with E-state index >= 15 is 0 Å². The first-order valence-corrected chi connectivity index (χ1v) is 9.68. The van der Waals surface area contributed by atoms with Gasteiger partial charge in [-0.1, -0.05) is 12.1 Å². The van der Waals surface area contributed by atoms with E-state index in [2.05, 4.69) is 10.6 Å². The molecule has 2 aromatic rings. The molecule has 1 aliphatic heterocycles. The fraction of sp³-hybridized carbons (Fsp3) is 0.286. The number of allylic oxidation sites excluding steroid dienone is 1. The highest BCUT2D eigenvalue weighted by Gasteiger charge is 2.33. The largest absolute Gasteiger partial charge is 0.463 e. The summed E-state index contributed by atoms with van der Waals surface area (Å²) in [5.41, 5.74) is 2.29. The molecule has 0 aliphatic carbocycles. The second-order valence-corrected chi connectivity index (χ2v) is 6.70. The van der Waals surface area contributed by atoms with Crippen LogP contribution in [0.3, 0.4) is 0 Å². The van der Waals surface area contributed by atoms with Gasteiger partial charge in [-0.25, -0.2) is 9.59 Å². The first-order valence-electron chi connectivity index (χ1n) is 9.27. The van der Waals surface area contributed by atoms with E-state index in [1.807, 2.05) is 0 Å². The molecule has 2 heterocycles. The Morgan fingerprint density at radius 1 is 1.03 bits per heavy atom. The molecule has 8 heteroatoms. The first kappa shape index (κ1) is 20.6. The summed E-state index contributed by atoms with van der Waals surface area (Å²) in [7, 11) is 0. The molecule has 0 bridgehead atoms. The molecule has 1 aliphatic rings. The number of ether oxygens (including phenoxy) is 2. The number of carbonyl (C=O) groups is 2. The Bertz CT molecular complexity index is 962. The third-order valence-corrected chi connectivity index (χ3v) is 4.58. The van der Waals surface area contributed by atoms with E-state index in [1.54, 1.807) is 57.2 Å². The standard InChI is InChI=1S/C21H22N2O5S/c1-4-26-19(24)14-8-6-13(7-9-14)15-10-11-16(28-15)18-17(20(25)27-5-2)12(3)22-21(29)23-18/h6-11,18H,4-5H2,1-3H3,(H2,22,23,29)/t18-/m1/s1. The van der Waals surface area contributed by atoms with E-state index in [-0.39, 0.29) is 12.6 Å². The van der Waals surface area contributed by atoms with Gasteiger partial charge in [0.25, 0.3) is 0 Å². The Morgan fingerprint density at radius 3 is 2.34 bits per heavy atom. The van der Waals surface area contributed by atoms with Gasteiger partial charge in [0.15, 0.2) is 5.11 Å². The van der Waals surface area contributed by atoms with Gasteiger partial charge >= 0.3 is 11.9 Å². The molecule has 29 heavy (non-hydrogen) atoms. The lowest BCUT2D eigenvalue weighted by molar-refractivity contribution is -0.139. The van der Waals surface area contributed by atoms with Crippen molar-refractivity contribution in [2.24, 2.45) is 0 Å². The SMILES string of the molecule is CCOC(=O)C1=C(C)NC(=S)N[C@@H]1c1ccc(-c2ccc(C(=O)OCC)cc2)o1. The number of thiocarbonyl (C=S) groups is 1. The van der Waals surface area contributed by atoms with Crippen LogP contribution in [-0.2, 0) is 14.3 Å². The molecular formula is C21H22N2O5S. The summed E-state index contributed by atoms with van der Waals surface area (Å²) in [4.78, 5) is 24.2. The van der Waals surface area contributed by atoms with Gasteiger partial charge < -0.3 is 24.5 Å². The number of hydrogen-bond donors (Lipinski definition) is 2. The van der Waals surface area contributed by atoms with Crippen molar-refractivity contribution < 1.29 is 23.5 Å². The van der Waals surface area contributed by atoms with Gasteiger partial charge in [0.2, 0.25) is 0 Å². The smallest absolute Gasteiger partial charge is 0.338 e. The lowest BCUT2D eigenvalue weighted by Gasteiger charge is -2.28. The van der Waals surface area contributed by atoms with Crippen molar-refractivity contribution in [3.8, 4) is 11.3 Å². The number of rotatable bonds is 6.